The monoisotopic (exact) mass is 292 g/mol. The lowest BCUT2D eigenvalue weighted by Gasteiger charge is -2.45. The van der Waals surface area contributed by atoms with E-state index in [2.05, 4.69) is 32.3 Å². The van der Waals surface area contributed by atoms with Crippen LogP contribution in [0.3, 0.4) is 0 Å². The lowest BCUT2D eigenvalue weighted by atomic mass is 10.3. The molecule has 2 saturated heterocycles. The van der Waals surface area contributed by atoms with Gasteiger partial charge in [0.15, 0.2) is 0 Å². The van der Waals surface area contributed by atoms with Crippen LogP contribution in [-0.4, -0.2) is 79.3 Å². The van der Waals surface area contributed by atoms with Crippen molar-refractivity contribution < 1.29 is 9.47 Å². The molecule has 0 saturated carbocycles. The van der Waals surface area contributed by atoms with Crippen LogP contribution < -0.4 is 0 Å². The molecule has 0 amide bonds. The third-order valence-electron chi connectivity index (χ3n) is 3.92. The van der Waals surface area contributed by atoms with Gasteiger partial charge in [-0.25, -0.2) is 10.0 Å². The number of pyridine rings is 1. The van der Waals surface area contributed by atoms with Gasteiger partial charge in [-0.1, -0.05) is 6.07 Å². The van der Waals surface area contributed by atoms with E-state index in [4.69, 9.17) is 9.47 Å². The van der Waals surface area contributed by atoms with Crippen molar-refractivity contribution in [3.8, 4) is 0 Å². The first-order chi connectivity index (χ1) is 10.4. The molecule has 0 aliphatic carbocycles. The topological polar surface area (TPSA) is 41.1 Å². The predicted octanol–water partition coefficient (Wildman–Crippen LogP) is 0.421. The molecule has 116 valence electrons. The zero-order chi connectivity index (χ0) is 14.3. The number of hydrogen-bond donors (Lipinski definition) is 0. The summed E-state index contributed by atoms with van der Waals surface area (Å²) in [5, 5.41) is 7.19. The maximum atomic E-state index is 5.48. The van der Waals surface area contributed by atoms with Crippen LogP contribution in [0.5, 0.6) is 0 Å². The fourth-order valence-electron chi connectivity index (χ4n) is 2.79. The van der Waals surface area contributed by atoms with Gasteiger partial charge in [-0.3, -0.25) is 4.98 Å². The van der Waals surface area contributed by atoms with Gasteiger partial charge in [0.05, 0.1) is 26.4 Å². The van der Waals surface area contributed by atoms with Gasteiger partial charge in [-0.2, -0.15) is 5.12 Å². The first kappa shape index (κ1) is 14.9. The average Bonchev–Trinajstić information content (AvgIpc) is 2.58. The minimum atomic E-state index is 0.810. The fourth-order valence-corrected chi connectivity index (χ4v) is 2.79. The Morgan fingerprint density at radius 1 is 0.952 bits per heavy atom. The Balaban J connectivity index is 1.62. The molecule has 0 spiro atoms. The number of rotatable bonds is 5. The van der Waals surface area contributed by atoms with Crippen molar-refractivity contribution in [3.63, 3.8) is 0 Å². The standard InChI is InChI=1S/C15H24N4O2/c1-2-5-16-15(3-1)4-6-19(17-7-11-20-12-8-17)18-9-13-21-14-10-18/h1-3,5H,4,6-14H2. The smallest absolute Gasteiger partial charge is 0.0608 e. The summed E-state index contributed by atoms with van der Waals surface area (Å²) in [6, 6.07) is 6.11. The molecule has 3 rings (SSSR count). The summed E-state index contributed by atoms with van der Waals surface area (Å²) in [5.41, 5.74) is 1.14. The molecule has 2 fully saturated rings. The highest BCUT2D eigenvalue weighted by atomic mass is 16.5. The first-order valence-corrected chi connectivity index (χ1v) is 7.76. The highest BCUT2D eigenvalue weighted by molar-refractivity contribution is 5.03. The molecule has 0 bridgehead atoms. The van der Waals surface area contributed by atoms with Crippen molar-refractivity contribution in [2.45, 2.75) is 6.42 Å². The molecule has 2 aliphatic heterocycles. The predicted molar refractivity (Wildman–Crippen MR) is 79.4 cm³/mol. The molecule has 0 radical (unpaired) electrons. The molecular weight excluding hydrogens is 268 g/mol. The van der Waals surface area contributed by atoms with E-state index in [0.717, 1.165) is 71.3 Å². The lowest BCUT2D eigenvalue weighted by molar-refractivity contribution is -0.226. The zero-order valence-corrected chi connectivity index (χ0v) is 12.5. The summed E-state index contributed by atoms with van der Waals surface area (Å²) in [4.78, 5) is 4.43. The lowest BCUT2D eigenvalue weighted by Crippen LogP contribution is -2.59. The number of hydrogen-bond acceptors (Lipinski definition) is 6. The summed E-state index contributed by atoms with van der Waals surface area (Å²) in [6.07, 6.45) is 2.82. The molecule has 3 heterocycles. The van der Waals surface area contributed by atoms with Crippen molar-refractivity contribution >= 4 is 0 Å². The summed E-state index contributed by atoms with van der Waals surface area (Å²) in [7, 11) is 0. The minimum absolute atomic E-state index is 0.810. The van der Waals surface area contributed by atoms with Crippen molar-refractivity contribution in [2.24, 2.45) is 0 Å². The SMILES string of the molecule is c1ccc(CCN(N2CCOCC2)N2CCOCC2)nc1. The third-order valence-corrected chi connectivity index (χ3v) is 3.92. The van der Waals surface area contributed by atoms with Gasteiger partial charge >= 0.3 is 0 Å². The first-order valence-electron chi connectivity index (χ1n) is 7.76. The number of morpholine rings is 2. The second-order valence-electron chi connectivity index (χ2n) is 5.30. The summed E-state index contributed by atoms with van der Waals surface area (Å²) >= 11 is 0. The number of ether oxygens (including phenoxy) is 2. The molecule has 21 heavy (non-hydrogen) atoms. The molecule has 0 aromatic carbocycles. The van der Waals surface area contributed by atoms with Gasteiger partial charge < -0.3 is 9.47 Å². The van der Waals surface area contributed by atoms with E-state index >= 15 is 0 Å². The maximum Gasteiger partial charge on any atom is 0.0608 e. The average molecular weight is 292 g/mol. The van der Waals surface area contributed by atoms with Crippen LogP contribution in [0.4, 0.5) is 0 Å². The molecule has 0 N–H and O–H groups in total. The van der Waals surface area contributed by atoms with E-state index in [9.17, 15) is 0 Å². The number of hydrazine groups is 2. The van der Waals surface area contributed by atoms with Crippen LogP contribution >= 0.6 is 0 Å². The van der Waals surface area contributed by atoms with Gasteiger partial charge in [-0.15, -0.1) is 0 Å². The van der Waals surface area contributed by atoms with E-state index in [1.807, 2.05) is 12.3 Å². The summed E-state index contributed by atoms with van der Waals surface area (Å²) < 4.78 is 11.0. The Hall–Kier alpha value is -1.05. The van der Waals surface area contributed by atoms with Crippen LogP contribution in [-0.2, 0) is 15.9 Å². The third kappa shape index (κ3) is 4.21. The Kier molecular flexibility index (Phi) is 5.53. The molecule has 6 heteroatoms. The molecule has 1 aromatic rings. The van der Waals surface area contributed by atoms with Gasteiger partial charge in [0.25, 0.3) is 0 Å². The molecule has 1 aromatic heterocycles. The van der Waals surface area contributed by atoms with Crippen LogP contribution in [0.15, 0.2) is 24.4 Å². The van der Waals surface area contributed by atoms with E-state index in [1.54, 1.807) is 0 Å². The van der Waals surface area contributed by atoms with Crippen LogP contribution in [0.1, 0.15) is 5.69 Å². The fraction of sp³-hybridized carbons (Fsp3) is 0.667. The Bertz CT molecular complexity index is 387. The van der Waals surface area contributed by atoms with Crippen molar-refractivity contribution in [1.82, 2.24) is 20.1 Å². The minimum Gasteiger partial charge on any atom is -0.379 e. The summed E-state index contributed by atoms with van der Waals surface area (Å²) in [5.74, 6) is 0. The molecule has 0 unspecified atom stereocenters. The number of aromatic nitrogens is 1. The molecule has 2 aliphatic rings. The Labute approximate surface area is 126 Å². The second kappa shape index (κ2) is 7.82. The highest BCUT2D eigenvalue weighted by Gasteiger charge is 2.25. The zero-order valence-electron chi connectivity index (χ0n) is 12.5. The van der Waals surface area contributed by atoms with E-state index in [1.165, 1.54) is 0 Å². The van der Waals surface area contributed by atoms with Crippen LogP contribution in [0.25, 0.3) is 0 Å². The second-order valence-corrected chi connectivity index (χ2v) is 5.30. The Morgan fingerprint density at radius 2 is 1.57 bits per heavy atom. The van der Waals surface area contributed by atoms with Crippen molar-refractivity contribution in [1.29, 1.82) is 0 Å². The van der Waals surface area contributed by atoms with Gasteiger partial charge in [0.2, 0.25) is 0 Å². The van der Waals surface area contributed by atoms with Crippen molar-refractivity contribution in [3.05, 3.63) is 30.1 Å². The highest BCUT2D eigenvalue weighted by Crippen LogP contribution is 2.11. The van der Waals surface area contributed by atoms with E-state index in [-0.39, 0.29) is 0 Å². The largest absolute Gasteiger partial charge is 0.379 e. The summed E-state index contributed by atoms with van der Waals surface area (Å²) in [6.45, 7) is 8.03. The van der Waals surface area contributed by atoms with E-state index < -0.39 is 0 Å². The van der Waals surface area contributed by atoms with Crippen molar-refractivity contribution in [2.75, 3.05) is 59.2 Å². The quantitative estimate of drug-likeness (QED) is 0.783. The van der Waals surface area contributed by atoms with Gasteiger partial charge in [-0.05, 0) is 12.1 Å². The van der Waals surface area contributed by atoms with Crippen LogP contribution in [0, 0.1) is 0 Å². The van der Waals surface area contributed by atoms with Gasteiger partial charge in [0.1, 0.15) is 0 Å². The Morgan fingerprint density at radius 3 is 2.10 bits per heavy atom. The molecule has 0 atom stereocenters. The molecular formula is C15H24N4O2. The normalized spacial score (nSPS) is 21.8. The van der Waals surface area contributed by atoms with Gasteiger partial charge in [0, 0.05) is 51.0 Å². The molecule has 6 nitrogen and oxygen atoms in total. The number of nitrogens with zero attached hydrogens (tertiary/aromatic N) is 4. The maximum absolute atomic E-state index is 5.48. The van der Waals surface area contributed by atoms with E-state index in [0.29, 0.717) is 0 Å². The van der Waals surface area contributed by atoms with Crippen LogP contribution in [0.2, 0.25) is 0 Å².